The lowest BCUT2D eigenvalue weighted by molar-refractivity contribution is 0.184. The molecule has 2 aromatic rings. The van der Waals surface area contributed by atoms with Gasteiger partial charge in [-0.2, -0.15) is 0 Å². The molecule has 0 aromatic heterocycles. The van der Waals surface area contributed by atoms with Crippen molar-refractivity contribution in [1.82, 2.24) is 0 Å². The van der Waals surface area contributed by atoms with Crippen LogP contribution in [0.5, 0.6) is 11.5 Å². The summed E-state index contributed by atoms with van der Waals surface area (Å²) in [5.74, 6) is 1.61. The second-order valence-electron chi connectivity index (χ2n) is 4.67. The Morgan fingerprint density at radius 2 is 1.86 bits per heavy atom. The lowest BCUT2D eigenvalue weighted by Crippen LogP contribution is -2.02. The molecule has 2 aromatic carbocycles. The molecule has 0 aliphatic heterocycles. The fraction of sp³-hybridized carbons (Fsp3) is 0.294. The average molecular weight is 287 g/mol. The van der Waals surface area contributed by atoms with Crippen LogP contribution in [-0.4, -0.2) is 13.7 Å². The Morgan fingerprint density at radius 3 is 2.62 bits per heavy atom. The first kappa shape index (κ1) is 15.2. The van der Waals surface area contributed by atoms with E-state index in [1.54, 1.807) is 7.11 Å². The molecule has 0 aliphatic carbocycles. The zero-order chi connectivity index (χ0) is 15.1. The Labute approximate surface area is 125 Å². The molecule has 0 saturated heterocycles. The Hall–Kier alpha value is -2.20. The summed E-state index contributed by atoms with van der Waals surface area (Å²) >= 11 is 0. The number of nitrogens with two attached hydrogens (primary N) is 1. The quantitative estimate of drug-likeness (QED) is 0.793. The zero-order valence-corrected chi connectivity index (χ0v) is 12.5. The number of ether oxygens (including phenoxy) is 3. The molecule has 112 valence electrons. The monoisotopic (exact) mass is 287 g/mol. The molecule has 0 atom stereocenters. The standard InChI is InChI=1S/C17H21NO3/c1-3-20-17-8-7-15(18)10-14(17)12-21-16-6-4-5-13(9-16)11-19-2/h4-10H,3,11-12,18H2,1-2H3. The van der Waals surface area contributed by atoms with E-state index in [-0.39, 0.29) is 0 Å². The summed E-state index contributed by atoms with van der Waals surface area (Å²) in [6.07, 6.45) is 0. The maximum Gasteiger partial charge on any atom is 0.126 e. The van der Waals surface area contributed by atoms with Gasteiger partial charge in [0, 0.05) is 18.4 Å². The van der Waals surface area contributed by atoms with E-state index in [2.05, 4.69) is 0 Å². The van der Waals surface area contributed by atoms with Gasteiger partial charge in [-0.15, -0.1) is 0 Å². The normalized spacial score (nSPS) is 10.4. The van der Waals surface area contributed by atoms with Crippen molar-refractivity contribution < 1.29 is 14.2 Å². The molecule has 0 radical (unpaired) electrons. The number of hydrogen-bond acceptors (Lipinski definition) is 4. The van der Waals surface area contributed by atoms with Crippen LogP contribution in [0.3, 0.4) is 0 Å². The molecular formula is C17H21NO3. The molecule has 0 heterocycles. The van der Waals surface area contributed by atoms with E-state index in [0.29, 0.717) is 25.5 Å². The van der Waals surface area contributed by atoms with Gasteiger partial charge in [-0.05, 0) is 42.8 Å². The van der Waals surface area contributed by atoms with Crippen LogP contribution in [0, 0.1) is 0 Å². The molecule has 0 unspecified atom stereocenters. The third-order valence-corrected chi connectivity index (χ3v) is 2.99. The van der Waals surface area contributed by atoms with E-state index in [1.165, 1.54) is 0 Å². The van der Waals surface area contributed by atoms with Crippen LogP contribution in [0.2, 0.25) is 0 Å². The highest BCUT2D eigenvalue weighted by Crippen LogP contribution is 2.24. The number of hydrogen-bond donors (Lipinski definition) is 1. The molecular weight excluding hydrogens is 266 g/mol. The van der Waals surface area contributed by atoms with Gasteiger partial charge in [0.05, 0.1) is 13.2 Å². The Kier molecular flexibility index (Phi) is 5.46. The molecule has 0 amide bonds. The summed E-state index contributed by atoms with van der Waals surface area (Å²) in [5, 5.41) is 0. The van der Waals surface area contributed by atoms with Gasteiger partial charge in [-0.25, -0.2) is 0 Å². The van der Waals surface area contributed by atoms with Crippen molar-refractivity contribution >= 4 is 5.69 Å². The highest BCUT2D eigenvalue weighted by Gasteiger charge is 2.06. The fourth-order valence-electron chi connectivity index (χ4n) is 2.06. The van der Waals surface area contributed by atoms with Crippen molar-refractivity contribution in [1.29, 1.82) is 0 Å². The highest BCUT2D eigenvalue weighted by molar-refractivity contribution is 5.47. The third kappa shape index (κ3) is 4.39. The van der Waals surface area contributed by atoms with E-state index < -0.39 is 0 Å². The first-order valence-electron chi connectivity index (χ1n) is 6.94. The number of benzene rings is 2. The average Bonchev–Trinajstić information content (AvgIpc) is 2.48. The maximum atomic E-state index is 5.83. The second-order valence-corrected chi connectivity index (χ2v) is 4.67. The summed E-state index contributed by atoms with van der Waals surface area (Å²) in [7, 11) is 1.68. The van der Waals surface area contributed by atoms with E-state index in [9.17, 15) is 0 Å². The minimum atomic E-state index is 0.414. The third-order valence-electron chi connectivity index (χ3n) is 2.99. The number of rotatable bonds is 7. The summed E-state index contributed by atoms with van der Waals surface area (Å²) < 4.78 is 16.5. The van der Waals surface area contributed by atoms with E-state index in [1.807, 2.05) is 49.4 Å². The maximum absolute atomic E-state index is 5.83. The topological polar surface area (TPSA) is 53.7 Å². The van der Waals surface area contributed by atoms with Gasteiger partial charge < -0.3 is 19.9 Å². The molecule has 4 heteroatoms. The van der Waals surface area contributed by atoms with Crippen LogP contribution < -0.4 is 15.2 Å². The summed E-state index contributed by atoms with van der Waals surface area (Å²) in [6, 6.07) is 13.4. The molecule has 0 bridgehead atoms. The van der Waals surface area contributed by atoms with Gasteiger partial charge >= 0.3 is 0 Å². The molecule has 0 saturated carbocycles. The van der Waals surface area contributed by atoms with E-state index in [0.717, 1.165) is 22.6 Å². The minimum absolute atomic E-state index is 0.414. The minimum Gasteiger partial charge on any atom is -0.493 e. The summed E-state index contributed by atoms with van der Waals surface area (Å²) in [6.45, 7) is 3.55. The largest absolute Gasteiger partial charge is 0.493 e. The van der Waals surface area contributed by atoms with Gasteiger partial charge in [-0.3, -0.25) is 0 Å². The Morgan fingerprint density at radius 1 is 1.00 bits per heavy atom. The molecule has 2 N–H and O–H groups in total. The van der Waals surface area contributed by atoms with Crippen LogP contribution in [0.15, 0.2) is 42.5 Å². The molecule has 0 spiro atoms. The molecule has 4 nitrogen and oxygen atoms in total. The Bertz CT molecular complexity index is 584. The molecule has 0 fully saturated rings. The van der Waals surface area contributed by atoms with Gasteiger partial charge in [0.25, 0.3) is 0 Å². The van der Waals surface area contributed by atoms with Gasteiger partial charge in [0.15, 0.2) is 0 Å². The van der Waals surface area contributed by atoms with E-state index in [4.69, 9.17) is 19.9 Å². The smallest absolute Gasteiger partial charge is 0.126 e. The van der Waals surface area contributed by atoms with Crippen molar-refractivity contribution in [3.63, 3.8) is 0 Å². The highest BCUT2D eigenvalue weighted by atomic mass is 16.5. The van der Waals surface area contributed by atoms with Crippen LogP contribution in [-0.2, 0) is 18.0 Å². The summed E-state index contributed by atoms with van der Waals surface area (Å²) in [4.78, 5) is 0. The lowest BCUT2D eigenvalue weighted by Gasteiger charge is -2.13. The van der Waals surface area contributed by atoms with Crippen molar-refractivity contribution in [3.8, 4) is 11.5 Å². The van der Waals surface area contributed by atoms with Gasteiger partial charge in [0.1, 0.15) is 18.1 Å². The van der Waals surface area contributed by atoms with Crippen LogP contribution in [0.4, 0.5) is 5.69 Å². The number of nitrogen functional groups attached to an aromatic ring is 1. The molecule has 21 heavy (non-hydrogen) atoms. The number of anilines is 1. The second kappa shape index (κ2) is 7.55. The van der Waals surface area contributed by atoms with Crippen molar-refractivity contribution in [2.75, 3.05) is 19.5 Å². The summed E-state index contributed by atoms with van der Waals surface area (Å²) in [5.41, 5.74) is 8.54. The predicted molar refractivity (Wildman–Crippen MR) is 83.5 cm³/mol. The fourth-order valence-corrected chi connectivity index (χ4v) is 2.06. The first-order chi connectivity index (χ1) is 10.2. The lowest BCUT2D eigenvalue weighted by atomic mass is 10.2. The SMILES string of the molecule is CCOc1ccc(N)cc1COc1cccc(COC)c1. The van der Waals surface area contributed by atoms with E-state index >= 15 is 0 Å². The van der Waals surface area contributed by atoms with Crippen molar-refractivity contribution in [2.24, 2.45) is 0 Å². The van der Waals surface area contributed by atoms with Crippen molar-refractivity contribution in [3.05, 3.63) is 53.6 Å². The Balaban J connectivity index is 2.08. The van der Waals surface area contributed by atoms with Crippen LogP contribution >= 0.6 is 0 Å². The van der Waals surface area contributed by atoms with Crippen LogP contribution in [0.25, 0.3) is 0 Å². The predicted octanol–water partition coefficient (Wildman–Crippen LogP) is 3.39. The first-order valence-corrected chi connectivity index (χ1v) is 6.94. The molecule has 2 rings (SSSR count). The van der Waals surface area contributed by atoms with Gasteiger partial charge in [-0.1, -0.05) is 12.1 Å². The number of methoxy groups -OCH3 is 1. The molecule has 0 aliphatic rings. The van der Waals surface area contributed by atoms with Crippen molar-refractivity contribution in [2.45, 2.75) is 20.1 Å². The zero-order valence-electron chi connectivity index (χ0n) is 12.5. The van der Waals surface area contributed by atoms with Crippen LogP contribution in [0.1, 0.15) is 18.1 Å². The van der Waals surface area contributed by atoms with Gasteiger partial charge in [0.2, 0.25) is 0 Å².